The molecule has 0 saturated carbocycles. The summed E-state index contributed by atoms with van der Waals surface area (Å²) in [7, 11) is 4.09. The number of hydrogen-bond acceptors (Lipinski definition) is 9. The summed E-state index contributed by atoms with van der Waals surface area (Å²) in [6.07, 6.45) is 2.65. The van der Waals surface area contributed by atoms with Gasteiger partial charge in [0.15, 0.2) is 11.2 Å². The fraction of sp³-hybridized carbons (Fsp3) is 0.294. The molecule has 13 heteroatoms. The van der Waals surface area contributed by atoms with E-state index in [0.29, 0.717) is 0 Å². The number of esters is 1. The molecule has 4 heterocycles. The summed E-state index contributed by atoms with van der Waals surface area (Å²) in [5, 5.41) is 4.08. The highest BCUT2D eigenvalue weighted by Crippen LogP contribution is 2.13. The van der Waals surface area contributed by atoms with Gasteiger partial charge in [-0.15, -0.1) is 5.10 Å². The van der Waals surface area contributed by atoms with Crippen molar-refractivity contribution in [1.29, 1.82) is 0 Å². The van der Waals surface area contributed by atoms with E-state index in [2.05, 4.69) is 14.8 Å². The van der Waals surface area contributed by atoms with Crippen LogP contribution in [0.5, 0.6) is 0 Å². The predicted octanol–water partition coefficient (Wildman–Crippen LogP) is -0.940. The molecule has 0 spiro atoms. The number of aromatic nitrogens is 6. The van der Waals surface area contributed by atoms with Gasteiger partial charge in [0.2, 0.25) is 5.89 Å². The zero-order chi connectivity index (χ0) is 21.6. The Morgan fingerprint density at radius 3 is 2.67 bits per heavy atom. The van der Waals surface area contributed by atoms with Gasteiger partial charge in [-0.3, -0.25) is 13.9 Å². The smallest absolute Gasteiger partial charge is 0.437 e. The Morgan fingerprint density at radius 1 is 1.17 bits per heavy atom. The highest BCUT2D eigenvalue weighted by molar-refractivity contribution is 5.90. The van der Waals surface area contributed by atoms with Crippen LogP contribution in [0.3, 0.4) is 0 Å². The largest absolute Gasteiger partial charge is 0.466 e. The van der Waals surface area contributed by atoms with Crippen molar-refractivity contribution in [2.75, 3.05) is 7.11 Å². The van der Waals surface area contributed by atoms with E-state index in [4.69, 9.17) is 8.83 Å². The van der Waals surface area contributed by atoms with Crippen LogP contribution in [0.15, 0.2) is 41.9 Å². The molecule has 156 valence electrons. The van der Waals surface area contributed by atoms with Crippen LogP contribution in [0.4, 0.5) is 0 Å². The summed E-state index contributed by atoms with van der Waals surface area (Å²) in [5.74, 6) is -1.20. The van der Waals surface area contributed by atoms with E-state index in [0.717, 1.165) is 9.25 Å². The Labute approximate surface area is 166 Å². The minimum Gasteiger partial charge on any atom is -0.466 e. The number of imidazole rings is 1. The fourth-order valence-electron chi connectivity index (χ4n) is 3.07. The third-order valence-corrected chi connectivity index (χ3v) is 4.62. The van der Waals surface area contributed by atoms with Crippen LogP contribution in [0.1, 0.15) is 22.0 Å². The average Bonchev–Trinajstić information content (AvgIpc) is 3.44. The number of furan rings is 1. The molecule has 30 heavy (non-hydrogen) atoms. The third-order valence-electron chi connectivity index (χ3n) is 4.62. The molecule has 0 atom stereocenters. The number of carbonyl (C=O) groups excluding carboxylic acids is 1. The first-order valence-electron chi connectivity index (χ1n) is 8.64. The SMILES string of the molecule is COC(=O)c1ccoc1Cn1nc(Cn2cnc3c2c(=O)n(C)c(=O)n3C)oc1=O. The molecule has 0 amide bonds. The maximum Gasteiger partial charge on any atom is 0.437 e. The molecule has 0 N–H and O–H groups in total. The summed E-state index contributed by atoms with van der Waals surface area (Å²) in [6.45, 7) is -0.227. The molecule has 0 aliphatic heterocycles. The van der Waals surface area contributed by atoms with E-state index in [9.17, 15) is 19.2 Å². The van der Waals surface area contributed by atoms with Crippen molar-refractivity contribution in [3.8, 4) is 0 Å². The minimum atomic E-state index is -0.776. The molecule has 0 bridgehead atoms. The normalized spacial score (nSPS) is 11.3. The van der Waals surface area contributed by atoms with Gasteiger partial charge >= 0.3 is 17.4 Å². The van der Waals surface area contributed by atoms with Gasteiger partial charge in [-0.25, -0.2) is 19.4 Å². The second-order valence-electron chi connectivity index (χ2n) is 6.42. The van der Waals surface area contributed by atoms with Crippen LogP contribution in [0.25, 0.3) is 11.2 Å². The Hall–Kier alpha value is -4.16. The van der Waals surface area contributed by atoms with Gasteiger partial charge < -0.3 is 18.1 Å². The van der Waals surface area contributed by atoms with Crippen LogP contribution in [-0.4, -0.2) is 41.5 Å². The fourth-order valence-corrected chi connectivity index (χ4v) is 3.07. The lowest BCUT2D eigenvalue weighted by Crippen LogP contribution is -2.37. The van der Waals surface area contributed by atoms with E-state index in [1.807, 2.05) is 0 Å². The van der Waals surface area contributed by atoms with Crippen LogP contribution in [-0.2, 0) is 31.9 Å². The topological polar surface area (TPSA) is 149 Å². The molecule has 4 aromatic heterocycles. The zero-order valence-corrected chi connectivity index (χ0v) is 16.2. The first-order chi connectivity index (χ1) is 14.3. The standard InChI is InChI=1S/C17H16N6O7/c1-20-13-12(14(24)21(2)16(20)26)22(8-18-13)7-11-19-23(17(27)30-11)6-10-9(4-5-29-10)15(25)28-3/h4-5,8H,6-7H2,1-3H3. The summed E-state index contributed by atoms with van der Waals surface area (Å²) in [4.78, 5) is 52.5. The molecule has 0 radical (unpaired) electrons. The van der Waals surface area contributed by atoms with Crippen molar-refractivity contribution in [2.45, 2.75) is 13.1 Å². The summed E-state index contributed by atoms with van der Waals surface area (Å²) in [5.41, 5.74) is -0.517. The zero-order valence-electron chi connectivity index (χ0n) is 16.2. The van der Waals surface area contributed by atoms with E-state index in [-0.39, 0.29) is 41.5 Å². The predicted molar refractivity (Wildman–Crippen MR) is 99.2 cm³/mol. The van der Waals surface area contributed by atoms with Crippen molar-refractivity contribution in [3.05, 3.63) is 67.3 Å². The lowest BCUT2D eigenvalue weighted by atomic mass is 10.2. The van der Waals surface area contributed by atoms with Crippen LogP contribution < -0.4 is 17.0 Å². The second kappa shape index (κ2) is 7.02. The quantitative estimate of drug-likeness (QED) is 0.376. The van der Waals surface area contributed by atoms with Gasteiger partial charge in [-0.1, -0.05) is 0 Å². The highest BCUT2D eigenvalue weighted by Gasteiger charge is 2.20. The maximum absolute atomic E-state index is 12.5. The average molecular weight is 416 g/mol. The van der Waals surface area contributed by atoms with Gasteiger partial charge in [-0.05, 0) is 6.07 Å². The molecule has 0 fully saturated rings. The second-order valence-corrected chi connectivity index (χ2v) is 6.42. The van der Waals surface area contributed by atoms with E-state index < -0.39 is 23.0 Å². The van der Waals surface area contributed by atoms with Crippen LogP contribution in [0, 0.1) is 0 Å². The summed E-state index contributed by atoms with van der Waals surface area (Å²) in [6, 6.07) is 1.42. The van der Waals surface area contributed by atoms with Crippen LogP contribution >= 0.6 is 0 Å². The third kappa shape index (κ3) is 2.96. The molecule has 4 aromatic rings. The molecule has 4 rings (SSSR count). The molecular weight excluding hydrogens is 400 g/mol. The van der Waals surface area contributed by atoms with Crippen molar-refractivity contribution in [3.63, 3.8) is 0 Å². The summed E-state index contributed by atoms with van der Waals surface area (Å²) < 4.78 is 19.7. The molecule has 13 nitrogen and oxygen atoms in total. The number of ether oxygens (including phenoxy) is 1. The maximum atomic E-state index is 12.5. The number of methoxy groups -OCH3 is 1. The first-order valence-corrected chi connectivity index (χ1v) is 8.64. The Bertz CT molecular complexity index is 1440. The number of carbonyl (C=O) groups is 1. The number of fused-ring (bicyclic) bond motifs is 1. The van der Waals surface area contributed by atoms with Crippen molar-refractivity contribution >= 4 is 17.1 Å². The van der Waals surface area contributed by atoms with E-state index in [1.54, 1.807) is 0 Å². The monoisotopic (exact) mass is 416 g/mol. The van der Waals surface area contributed by atoms with Gasteiger partial charge in [0.05, 0.1) is 19.7 Å². The Kier molecular flexibility index (Phi) is 4.49. The van der Waals surface area contributed by atoms with Crippen molar-refractivity contribution in [1.82, 2.24) is 28.5 Å². The summed E-state index contributed by atoms with van der Waals surface area (Å²) >= 11 is 0. The van der Waals surface area contributed by atoms with Crippen molar-refractivity contribution < 1.29 is 18.4 Å². The van der Waals surface area contributed by atoms with Gasteiger partial charge in [0, 0.05) is 14.1 Å². The Morgan fingerprint density at radius 2 is 1.93 bits per heavy atom. The molecule has 0 aliphatic rings. The molecule has 0 aromatic carbocycles. The van der Waals surface area contributed by atoms with Crippen molar-refractivity contribution in [2.24, 2.45) is 14.1 Å². The lowest BCUT2D eigenvalue weighted by molar-refractivity contribution is 0.0598. The van der Waals surface area contributed by atoms with Gasteiger partial charge in [-0.2, -0.15) is 4.68 Å². The lowest BCUT2D eigenvalue weighted by Gasteiger charge is -2.04. The number of aryl methyl sites for hydroxylation is 1. The molecule has 0 unspecified atom stereocenters. The molecule has 0 saturated heterocycles. The highest BCUT2D eigenvalue weighted by atomic mass is 16.5. The van der Waals surface area contributed by atoms with E-state index in [1.165, 1.54) is 49.0 Å². The van der Waals surface area contributed by atoms with E-state index >= 15 is 0 Å². The number of nitrogens with zero attached hydrogens (tertiary/aromatic N) is 6. The van der Waals surface area contributed by atoms with Crippen LogP contribution in [0.2, 0.25) is 0 Å². The first kappa shape index (κ1) is 19.2. The van der Waals surface area contributed by atoms with Gasteiger partial charge in [0.25, 0.3) is 5.56 Å². The molecule has 0 aliphatic carbocycles. The Balaban J connectivity index is 1.68. The minimum absolute atomic E-state index is 0.00128. The van der Waals surface area contributed by atoms with Gasteiger partial charge in [0.1, 0.15) is 24.4 Å². The number of rotatable bonds is 5. The number of hydrogen-bond donors (Lipinski definition) is 0. The molecular formula is C17H16N6O7.